The van der Waals surface area contributed by atoms with Crippen LogP contribution in [0.15, 0.2) is 0 Å². The zero-order valence-corrected chi connectivity index (χ0v) is 8.13. The number of carbonyl (C=O) groups excluding carboxylic acids is 1. The van der Waals surface area contributed by atoms with Crippen molar-refractivity contribution in [3.8, 4) is 0 Å². The van der Waals surface area contributed by atoms with Gasteiger partial charge in [-0.25, -0.2) is 4.39 Å². The number of nitrogens with one attached hydrogen (secondary N) is 1. The summed E-state index contributed by atoms with van der Waals surface area (Å²) >= 11 is 0. The molecule has 0 aromatic rings. The highest BCUT2D eigenvalue weighted by molar-refractivity contribution is 5.73. The van der Waals surface area contributed by atoms with Crippen molar-refractivity contribution in [1.82, 2.24) is 5.32 Å². The summed E-state index contributed by atoms with van der Waals surface area (Å²) in [4.78, 5) is 10.7. The van der Waals surface area contributed by atoms with Crippen molar-refractivity contribution in [2.24, 2.45) is 0 Å². The Balaban J connectivity index is 2.70. The van der Waals surface area contributed by atoms with Crippen LogP contribution in [0, 0.1) is 0 Å². The molecule has 7 heteroatoms. The van der Waals surface area contributed by atoms with Gasteiger partial charge in [-0.2, -0.15) is 0 Å². The molecule has 1 aliphatic rings. The Morgan fingerprint density at radius 2 is 2.00 bits per heavy atom. The molecule has 0 radical (unpaired) electrons. The number of rotatable bonds is 2. The highest BCUT2D eigenvalue weighted by Crippen LogP contribution is 2.20. The molecule has 1 amide bonds. The molecule has 88 valence electrons. The number of aliphatic hydroxyl groups is 3. The van der Waals surface area contributed by atoms with E-state index in [0.717, 1.165) is 0 Å². The summed E-state index contributed by atoms with van der Waals surface area (Å²) in [6, 6.07) is -1.15. The molecule has 1 fully saturated rings. The second kappa shape index (κ2) is 4.84. The van der Waals surface area contributed by atoms with E-state index >= 15 is 0 Å². The first-order chi connectivity index (χ1) is 6.97. The van der Waals surface area contributed by atoms with Crippen molar-refractivity contribution < 1.29 is 29.2 Å². The smallest absolute Gasteiger partial charge is 0.217 e. The van der Waals surface area contributed by atoms with Gasteiger partial charge in [-0.1, -0.05) is 0 Å². The first kappa shape index (κ1) is 12.3. The van der Waals surface area contributed by atoms with Crippen LogP contribution in [0.5, 0.6) is 0 Å². The van der Waals surface area contributed by atoms with Gasteiger partial charge >= 0.3 is 0 Å². The van der Waals surface area contributed by atoms with Gasteiger partial charge in [-0.05, 0) is 0 Å². The minimum Gasteiger partial charge on any atom is -0.388 e. The summed E-state index contributed by atoms with van der Waals surface area (Å²) in [7, 11) is 0. The van der Waals surface area contributed by atoms with Gasteiger partial charge in [0.05, 0.1) is 0 Å². The largest absolute Gasteiger partial charge is 0.388 e. The Morgan fingerprint density at radius 1 is 1.40 bits per heavy atom. The molecule has 6 nitrogen and oxygen atoms in total. The maximum Gasteiger partial charge on any atom is 0.217 e. The zero-order valence-electron chi connectivity index (χ0n) is 8.13. The average molecular weight is 223 g/mol. The summed E-state index contributed by atoms with van der Waals surface area (Å²) in [5, 5.41) is 30.4. The van der Waals surface area contributed by atoms with E-state index < -0.39 is 43.2 Å². The van der Waals surface area contributed by atoms with E-state index in [0.29, 0.717) is 0 Å². The zero-order chi connectivity index (χ0) is 11.6. The lowest BCUT2D eigenvalue weighted by Crippen LogP contribution is -2.63. The van der Waals surface area contributed by atoms with Gasteiger partial charge in [0.25, 0.3) is 0 Å². The van der Waals surface area contributed by atoms with E-state index in [1.54, 1.807) is 0 Å². The molecule has 0 aromatic carbocycles. The van der Waals surface area contributed by atoms with Crippen LogP contribution in [0.4, 0.5) is 4.39 Å². The van der Waals surface area contributed by atoms with Gasteiger partial charge in [0.2, 0.25) is 5.91 Å². The summed E-state index contributed by atoms with van der Waals surface area (Å²) in [5.41, 5.74) is 0. The third-order valence-corrected chi connectivity index (χ3v) is 2.24. The quantitative estimate of drug-likeness (QED) is 0.430. The standard InChI is InChI=1S/C8H14FNO5/c1-3(11)10-5-7(13)6(12)4(2-9)15-8(5)14/h4-8,12-14H,2H2,1H3,(H,10,11)/t4-,5+,6-,7-,8?/m1/s1. The average Bonchev–Trinajstić information content (AvgIpc) is 2.18. The van der Waals surface area contributed by atoms with Crippen LogP contribution in [-0.2, 0) is 9.53 Å². The molecule has 1 aliphatic heterocycles. The van der Waals surface area contributed by atoms with Crippen molar-refractivity contribution in [3.63, 3.8) is 0 Å². The molecule has 1 unspecified atom stereocenters. The third kappa shape index (κ3) is 2.63. The minimum absolute atomic E-state index is 0.493. The number of aliphatic hydroxyl groups excluding tert-OH is 3. The van der Waals surface area contributed by atoms with Gasteiger partial charge in [0.1, 0.15) is 31.0 Å². The molecular weight excluding hydrogens is 209 g/mol. The Morgan fingerprint density at radius 3 is 2.47 bits per heavy atom. The van der Waals surface area contributed by atoms with Crippen molar-refractivity contribution in [1.29, 1.82) is 0 Å². The van der Waals surface area contributed by atoms with Crippen molar-refractivity contribution in [2.45, 2.75) is 37.6 Å². The number of amides is 1. The second-order valence-electron chi connectivity index (χ2n) is 3.43. The van der Waals surface area contributed by atoms with Crippen LogP contribution >= 0.6 is 0 Å². The molecule has 0 aliphatic carbocycles. The van der Waals surface area contributed by atoms with Gasteiger partial charge in [-0.15, -0.1) is 0 Å². The molecule has 0 saturated carbocycles. The Labute approximate surface area is 85.7 Å². The number of carbonyl (C=O) groups is 1. The molecule has 15 heavy (non-hydrogen) atoms. The molecule has 0 spiro atoms. The van der Waals surface area contributed by atoms with E-state index in [2.05, 4.69) is 10.1 Å². The fraction of sp³-hybridized carbons (Fsp3) is 0.875. The van der Waals surface area contributed by atoms with Crippen molar-refractivity contribution in [3.05, 3.63) is 0 Å². The van der Waals surface area contributed by atoms with Crippen LogP contribution in [0.1, 0.15) is 6.92 Å². The molecule has 4 N–H and O–H groups in total. The molecule has 1 heterocycles. The Bertz CT molecular complexity index is 239. The molecule has 1 rings (SSSR count). The SMILES string of the molecule is CC(=O)N[C@@H]1C(O)O[C@H](CF)[C@@H](O)[C@@H]1O. The van der Waals surface area contributed by atoms with Gasteiger partial charge in [0.15, 0.2) is 6.29 Å². The number of halogens is 1. The number of alkyl halides is 1. The molecule has 5 atom stereocenters. The minimum atomic E-state index is -1.53. The third-order valence-electron chi connectivity index (χ3n) is 2.24. The lowest BCUT2D eigenvalue weighted by molar-refractivity contribution is -0.249. The molecule has 0 bridgehead atoms. The van der Waals surface area contributed by atoms with E-state index in [1.165, 1.54) is 6.92 Å². The predicted molar refractivity (Wildman–Crippen MR) is 46.5 cm³/mol. The van der Waals surface area contributed by atoms with Crippen molar-refractivity contribution in [2.75, 3.05) is 6.67 Å². The lowest BCUT2D eigenvalue weighted by Gasteiger charge is -2.39. The summed E-state index contributed by atoms with van der Waals surface area (Å²) in [5.74, 6) is -0.493. The molecule has 0 aromatic heterocycles. The monoisotopic (exact) mass is 223 g/mol. The first-order valence-corrected chi connectivity index (χ1v) is 4.50. The molecular formula is C8H14FNO5. The summed E-state index contributed by atoms with van der Waals surface area (Å²) in [6.45, 7) is 0.162. The van der Waals surface area contributed by atoms with Crippen LogP contribution in [0.3, 0.4) is 0 Å². The van der Waals surface area contributed by atoms with E-state index in [-0.39, 0.29) is 0 Å². The highest BCUT2D eigenvalue weighted by Gasteiger charge is 2.44. The van der Waals surface area contributed by atoms with Crippen LogP contribution in [0.25, 0.3) is 0 Å². The van der Waals surface area contributed by atoms with Crippen LogP contribution in [-0.4, -0.2) is 58.5 Å². The lowest BCUT2D eigenvalue weighted by atomic mass is 9.97. The molecule has 1 saturated heterocycles. The highest BCUT2D eigenvalue weighted by atomic mass is 19.1. The number of hydrogen-bond acceptors (Lipinski definition) is 5. The van der Waals surface area contributed by atoms with Gasteiger partial charge < -0.3 is 25.4 Å². The Hall–Kier alpha value is -0.760. The Kier molecular flexibility index (Phi) is 3.97. The van der Waals surface area contributed by atoms with E-state index in [1.807, 2.05) is 0 Å². The number of hydrogen-bond donors (Lipinski definition) is 4. The fourth-order valence-electron chi connectivity index (χ4n) is 1.46. The summed E-state index contributed by atoms with van der Waals surface area (Å²) < 4.78 is 17.0. The topological polar surface area (TPSA) is 99.0 Å². The first-order valence-electron chi connectivity index (χ1n) is 4.50. The maximum atomic E-state index is 12.3. The summed E-state index contributed by atoms with van der Waals surface area (Å²) in [6.07, 6.45) is -5.75. The van der Waals surface area contributed by atoms with Gasteiger partial charge in [0, 0.05) is 6.92 Å². The van der Waals surface area contributed by atoms with Crippen LogP contribution < -0.4 is 5.32 Å². The second-order valence-corrected chi connectivity index (χ2v) is 3.43. The van der Waals surface area contributed by atoms with Crippen molar-refractivity contribution >= 4 is 5.91 Å². The predicted octanol–water partition coefficient (Wildman–Crippen LogP) is -2.10. The maximum absolute atomic E-state index is 12.3. The number of ether oxygens (including phenoxy) is 1. The normalized spacial score (nSPS) is 41.3. The van der Waals surface area contributed by atoms with E-state index in [4.69, 9.17) is 0 Å². The van der Waals surface area contributed by atoms with Gasteiger partial charge in [-0.3, -0.25) is 4.79 Å². The fourth-order valence-corrected chi connectivity index (χ4v) is 1.46. The van der Waals surface area contributed by atoms with E-state index in [9.17, 15) is 24.5 Å². The van der Waals surface area contributed by atoms with Crippen LogP contribution in [0.2, 0.25) is 0 Å².